The fourth-order valence-electron chi connectivity index (χ4n) is 4.55. The van der Waals surface area contributed by atoms with Crippen molar-refractivity contribution in [2.75, 3.05) is 7.11 Å². The van der Waals surface area contributed by atoms with Gasteiger partial charge in [-0.1, -0.05) is 58.0 Å². The fraction of sp³-hybridized carbons (Fsp3) is 0.500. The Hall–Kier alpha value is -2.03. The van der Waals surface area contributed by atoms with Gasteiger partial charge in [0.05, 0.1) is 13.4 Å². The molecule has 3 rings (SSSR count). The summed E-state index contributed by atoms with van der Waals surface area (Å²) >= 11 is 0. The Morgan fingerprint density at radius 2 is 1.92 bits per heavy atom. The topological polar surface area (TPSA) is 39.4 Å². The van der Waals surface area contributed by atoms with Crippen molar-refractivity contribution in [3.8, 4) is 0 Å². The Labute approximate surface area is 150 Å². The molecule has 134 valence electrons. The second-order valence-corrected chi connectivity index (χ2v) is 8.17. The molecule has 1 fully saturated rings. The first-order valence-electron chi connectivity index (χ1n) is 9.04. The highest BCUT2D eigenvalue weighted by molar-refractivity contribution is 5.89. The maximum Gasteiger partial charge on any atom is 0.317 e. The zero-order valence-corrected chi connectivity index (χ0v) is 15.8. The predicted molar refractivity (Wildman–Crippen MR) is 98.4 cm³/mol. The van der Waals surface area contributed by atoms with Crippen LogP contribution in [-0.2, 0) is 21.4 Å². The molecule has 0 bridgehead atoms. The van der Waals surface area contributed by atoms with Gasteiger partial charge in [0.1, 0.15) is 11.2 Å². The van der Waals surface area contributed by atoms with E-state index in [4.69, 9.17) is 9.15 Å². The van der Waals surface area contributed by atoms with Crippen molar-refractivity contribution in [2.24, 2.45) is 17.3 Å². The molecule has 2 aromatic rings. The maximum atomic E-state index is 12.8. The van der Waals surface area contributed by atoms with Crippen LogP contribution < -0.4 is 0 Å². The van der Waals surface area contributed by atoms with Crippen LogP contribution in [0.15, 0.2) is 47.1 Å². The number of rotatable bonds is 6. The van der Waals surface area contributed by atoms with Crippen molar-refractivity contribution < 1.29 is 13.9 Å². The first-order chi connectivity index (χ1) is 11.8. The van der Waals surface area contributed by atoms with Crippen molar-refractivity contribution in [1.29, 1.82) is 0 Å². The van der Waals surface area contributed by atoms with E-state index >= 15 is 0 Å². The summed E-state index contributed by atoms with van der Waals surface area (Å²) in [6, 6.07) is 12.3. The van der Waals surface area contributed by atoms with Crippen LogP contribution in [0.1, 0.15) is 51.0 Å². The first-order valence-corrected chi connectivity index (χ1v) is 9.04. The predicted octanol–water partition coefficient (Wildman–Crippen LogP) is 4.98. The minimum absolute atomic E-state index is 0.127. The number of carbonyl (C=O) groups excluding carboxylic acids is 1. The lowest BCUT2D eigenvalue weighted by atomic mass is 9.88. The fourth-order valence-corrected chi connectivity index (χ4v) is 4.55. The molecule has 25 heavy (non-hydrogen) atoms. The SMILES string of the molecule is COC(=O)C1(c2coc(Cc3ccccc3)c2)C(CC(C)C)C1(C)C. The van der Waals surface area contributed by atoms with Gasteiger partial charge in [-0.2, -0.15) is 0 Å². The average Bonchev–Trinajstić information content (AvgIpc) is 2.89. The zero-order chi connectivity index (χ0) is 18.2. The Balaban J connectivity index is 1.93. The lowest BCUT2D eigenvalue weighted by Gasteiger charge is -2.16. The summed E-state index contributed by atoms with van der Waals surface area (Å²) in [4.78, 5) is 12.8. The Morgan fingerprint density at radius 3 is 2.52 bits per heavy atom. The van der Waals surface area contributed by atoms with Crippen molar-refractivity contribution >= 4 is 5.97 Å². The maximum absolute atomic E-state index is 12.8. The molecule has 1 saturated carbocycles. The third-order valence-corrected chi connectivity index (χ3v) is 5.87. The quantitative estimate of drug-likeness (QED) is 0.696. The highest BCUT2D eigenvalue weighted by Gasteiger charge is 2.76. The summed E-state index contributed by atoms with van der Waals surface area (Å²) in [6.07, 6.45) is 3.49. The number of esters is 1. The molecule has 0 aliphatic heterocycles. The van der Waals surface area contributed by atoms with Crippen LogP contribution >= 0.6 is 0 Å². The van der Waals surface area contributed by atoms with E-state index in [-0.39, 0.29) is 17.3 Å². The van der Waals surface area contributed by atoms with E-state index in [2.05, 4.69) is 39.8 Å². The first kappa shape index (κ1) is 17.8. The van der Waals surface area contributed by atoms with Crippen molar-refractivity contribution in [2.45, 2.75) is 46.0 Å². The van der Waals surface area contributed by atoms with Crippen LogP contribution in [0.25, 0.3) is 0 Å². The molecule has 0 N–H and O–H groups in total. The Kier molecular flexibility index (Phi) is 4.52. The molecular weight excluding hydrogens is 312 g/mol. The van der Waals surface area contributed by atoms with Crippen molar-refractivity contribution in [1.82, 2.24) is 0 Å². The molecule has 2 unspecified atom stereocenters. The summed E-state index contributed by atoms with van der Waals surface area (Å²) in [5, 5.41) is 0. The molecular formula is C22H28O3. The number of carbonyl (C=O) groups is 1. The van der Waals surface area contributed by atoms with Gasteiger partial charge in [-0.3, -0.25) is 4.79 Å². The van der Waals surface area contributed by atoms with Crippen LogP contribution in [-0.4, -0.2) is 13.1 Å². The van der Waals surface area contributed by atoms with E-state index in [0.717, 1.165) is 24.2 Å². The van der Waals surface area contributed by atoms with Gasteiger partial charge in [-0.15, -0.1) is 0 Å². The van der Waals surface area contributed by atoms with Crippen molar-refractivity contribution in [3.63, 3.8) is 0 Å². The second kappa shape index (κ2) is 6.36. The average molecular weight is 340 g/mol. The molecule has 0 saturated heterocycles. The van der Waals surface area contributed by atoms with E-state index in [9.17, 15) is 4.79 Å². The van der Waals surface area contributed by atoms with Gasteiger partial charge in [0.25, 0.3) is 0 Å². The summed E-state index contributed by atoms with van der Waals surface area (Å²) < 4.78 is 11.1. The molecule has 1 aromatic heterocycles. The standard InChI is InChI=1S/C22H28O3/c1-15(2)11-19-21(3,4)22(19,20(23)24-5)17-13-18(25-14-17)12-16-9-7-6-8-10-16/h6-10,13-15,19H,11-12H2,1-5H3. The Bertz CT molecular complexity index is 742. The number of hydrogen-bond donors (Lipinski definition) is 0. The van der Waals surface area contributed by atoms with Gasteiger partial charge in [-0.05, 0) is 35.3 Å². The lowest BCUT2D eigenvalue weighted by molar-refractivity contribution is -0.145. The third-order valence-electron chi connectivity index (χ3n) is 5.87. The van der Waals surface area contributed by atoms with E-state index in [0.29, 0.717) is 5.92 Å². The minimum Gasteiger partial charge on any atom is -0.469 e. The monoisotopic (exact) mass is 340 g/mol. The number of hydrogen-bond acceptors (Lipinski definition) is 3. The van der Waals surface area contributed by atoms with E-state index in [1.165, 1.54) is 12.7 Å². The van der Waals surface area contributed by atoms with Crippen LogP contribution in [0, 0.1) is 17.3 Å². The normalized spacial score (nSPS) is 24.3. The van der Waals surface area contributed by atoms with Crippen LogP contribution in [0.2, 0.25) is 0 Å². The van der Waals surface area contributed by atoms with Crippen LogP contribution in [0.4, 0.5) is 0 Å². The highest BCUT2D eigenvalue weighted by Crippen LogP contribution is 2.72. The van der Waals surface area contributed by atoms with Gasteiger partial charge in [0.2, 0.25) is 0 Å². The molecule has 0 radical (unpaired) electrons. The van der Waals surface area contributed by atoms with E-state index in [1.54, 1.807) is 6.26 Å². The molecule has 0 amide bonds. The molecule has 0 spiro atoms. The Morgan fingerprint density at radius 1 is 1.24 bits per heavy atom. The second-order valence-electron chi connectivity index (χ2n) is 8.17. The summed E-state index contributed by atoms with van der Waals surface area (Å²) in [6.45, 7) is 8.74. The van der Waals surface area contributed by atoms with Gasteiger partial charge >= 0.3 is 5.97 Å². The molecule has 3 heteroatoms. The van der Waals surface area contributed by atoms with Crippen LogP contribution in [0.3, 0.4) is 0 Å². The van der Waals surface area contributed by atoms with E-state index < -0.39 is 5.41 Å². The zero-order valence-electron chi connectivity index (χ0n) is 15.8. The van der Waals surface area contributed by atoms with Crippen molar-refractivity contribution in [3.05, 3.63) is 59.5 Å². The van der Waals surface area contributed by atoms with Gasteiger partial charge in [-0.25, -0.2) is 0 Å². The number of methoxy groups -OCH3 is 1. The molecule has 1 heterocycles. The molecule has 1 aliphatic rings. The van der Waals surface area contributed by atoms with Crippen LogP contribution in [0.5, 0.6) is 0 Å². The van der Waals surface area contributed by atoms with E-state index in [1.807, 2.05) is 24.3 Å². The van der Waals surface area contributed by atoms with Gasteiger partial charge < -0.3 is 9.15 Å². The van der Waals surface area contributed by atoms with Gasteiger partial charge in [0, 0.05) is 12.0 Å². The minimum atomic E-state index is -0.593. The molecule has 3 nitrogen and oxygen atoms in total. The lowest BCUT2D eigenvalue weighted by Crippen LogP contribution is -2.28. The summed E-state index contributed by atoms with van der Waals surface area (Å²) in [5.74, 6) is 1.55. The largest absolute Gasteiger partial charge is 0.469 e. The molecule has 1 aliphatic carbocycles. The molecule has 1 aromatic carbocycles. The number of benzene rings is 1. The number of ether oxygens (including phenoxy) is 1. The smallest absolute Gasteiger partial charge is 0.317 e. The highest BCUT2D eigenvalue weighted by atomic mass is 16.5. The number of furan rings is 1. The third kappa shape index (κ3) is 2.80. The van der Waals surface area contributed by atoms with Gasteiger partial charge in [0.15, 0.2) is 0 Å². The summed E-state index contributed by atoms with van der Waals surface area (Å²) in [7, 11) is 1.48. The molecule has 2 atom stereocenters. The summed E-state index contributed by atoms with van der Waals surface area (Å²) in [5.41, 5.74) is 1.44.